The van der Waals surface area contributed by atoms with Crippen molar-refractivity contribution >= 4 is 21.6 Å². The van der Waals surface area contributed by atoms with Crippen LogP contribution in [0.5, 0.6) is 0 Å². The molecule has 1 heterocycles. The van der Waals surface area contributed by atoms with Crippen LogP contribution in [0.25, 0.3) is 0 Å². The number of halogens is 1. The van der Waals surface area contributed by atoms with Gasteiger partial charge in [-0.25, -0.2) is 0 Å². The standard InChI is InChI=1S/C15H20BrN3/c1-3-13-10-19(14(4-2)9-18-13)15-6-5-12(16)7-11(15)8-17/h5-7,13-14,18H,3-4,9-10H2,1-2H3. The Morgan fingerprint density at radius 1 is 1.42 bits per heavy atom. The molecule has 2 rings (SSSR count). The lowest BCUT2D eigenvalue weighted by Gasteiger charge is -2.42. The number of nitriles is 1. The predicted octanol–water partition coefficient (Wildman–Crippen LogP) is 3.29. The van der Waals surface area contributed by atoms with Gasteiger partial charge in [0.2, 0.25) is 0 Å². The Balaban J connectivity index is 2.34. The highest BCUT2D eigenvalue weighted by atomic mass is 79.9. The maximum Gasteiger partial charge on any atom is 0.101 e. The van der Waals surface area contributed by atoms with Gasteiger partial charge in [0.1, 0.15) is 6.07 Å². The Kier molecular flexibility index (Phi) is 4.84. The molecular weight excluding hydrogens is 302 g/mol. The molecule has 1 aliphatic rings. The van der Waals surface area contributed by atoms with Gasteiger partial charge in [-0.1, -0.05) is 29.8 Å². The molecule has 1 saturated heterocycles. The van der Waals surface area contributed by atoms with Gasteiger partial charge in [-0.15, -0.1) is 0 Å². The summed E-state index contributed by atoms with van der Waals surface area (Å²) in [4.78, 5) is 2.40. The number of rotatable bonds is 3. The first-order valence-electron chi connectivity index (χ1n) is 6.89. The molecule has 19 heavy (non-hydrogen) atoms. The van der Waals surface area contributed by atoms with Crippen LogP contribution in [0.15, 0.2) is 22.7 Å². The van der Waals surface area contributed by atoms with E-state index in [4.69, 9.17) is 0 Å². The summed E-state index contributed by atoms with van der Waals surface area (Å²) >= 11 is 3.44. The van der Waals surface area contributed by atoms with Gasteiger partial charge < -0.3 is 10.2 Å². The molecule has 1 aliphatic heterocycles. The minimum atomic E-state index is 0.469. The van der Waals surface area contributed by atoms with Crippen molar-refractivity contribution in [3.05, 3.63) is 28.2 Å². The lowest BCUT2D eigenvalue weighted by atomic mass is 10.0. The summed E-state index contributed by atoms with van der Waals surface area (Å²) in [6.45, 7) is 6.38. The number of hydrogen-bond donors (Lipinski definition) is 1. The average Bonchev–Trinajstić information content (AvgIpc) is 2.46. The molecule has 0 radical (unpaired) electrons. The average molecular weight is 322 g/mol. The molecule has 1 fully saturated rings. The summed E-state index contributed by atoms with van der Waals surface area (Å²) in [6, 6.07) is 9.29. The van der Waals surface area contributed by atoms with Crippen LogP contribution in [0.2, 0.25) is 0 Å². The number of hydrogen-bond acceptors (Lipinski definition) is 3. The second-order valence-corrected chi connectivity index (χ2v) is 5.92. The smallest absolute Gasteiger partial charge is 0.101 e. The van der Waals surface area contributed by atoms with Gasteiger partial charge in [0.25, 0.3) is 0 Å². The minimum Gasteiger partial charge on any atom is -0.365 e. The lowest BCUT2D eigenvalue weighted by molar-refractivity contribution is 0.378. The molecule has 0 aliphatic carbocycles. The Labute approximate surface area is 123 Å². The van der Waals surface area contributed by atoms with E-state index >= 15 is 0 Å². The maximum absolute atomic E-state index is 9.34. The van der Waals surface area contributed by atoms with Crippen LogP contribution in [0, 0.1) is 11.3 Å². The van der Waals surface area contributed by atoms with Gasteiger partial charge in [0.15, 0.2) is 0 Å². The first kappa shape index (κ1) is 14.4. The molecule has 0 amide bonds. The van der Waals surface area contributed by atoms with Crippen molar-refractivity contribution in [2.45, 2.75) is 38.8 Å². The fraction of sp³-hybridized carbons (Fsp3) is 0.533. The monoisotopic (exact) mass is 321 g/mol. The van der Waals surface area contributed by atoms with Gasteiger partial charge in [0.05, 0.1) is 11.3 Å². The van der Waals surface area contributed by atoms with E-state index in [9.17, 15) is 5.26 Å². The maximum atomic E-state index is 9.34. The third-order valence-corrected chi connectivity index (χ3v) is 4.35. The molecule has 1 aromatic carbocycles. The van der Waals surface area contributed by atoms with E-state index in [1.54, 1.807) is 0 Å². The van der Waals surface area contributed by atoms with E-state index in [0.29, 0.717) is 12.1 Å². The quantitative estimate of drug-likeness (QED) is 0.928. The summed E-state index contributed by atoms with van der Waals surface area (Å²) in [7, 11) is 0. The van der Waals surface area contributed by atoms with Gasteiger partial charge in [-0.3, -0.25) is 0 Å². The van der Waals surface area contributed by atoms with Crippen LogP contribution < -0.4 is 10.2 Å². The van der Waals surface area contributed by atoms with Crippen LogP contribution in [-0.2, 0) is 0 Å². The van der Waals surface area contributed by atoms with Crippen molar-refractivity contribution in [2.75, 3.05) is 18.0 Å². The number of anilines is 1. The fourth-order valence-electron chi connectivity index (χ4n) is 2.65. The molecule has 0 aromatic heterocycles. The van der Waals surface area contributed by atoms with Gasteiger partial charge in [-0.2, -0.15) is 5.26 Å². The molecule has 1 aromatic rings. The SMILES string of the molecule is CCC1CN(c2ccc(Br)cc2C#N)C(CC)CN1. The Morgan fingerprint density at radius 3 is 2.84 bits per heavy atom. The molecule has 102 valence electrons. The zero-order valence-electron chi connectivity index (χ0n) is 11.5. The van der Waals surface area contributed by atoms with Crippen molar-refractivity contribution < 1.29 is 0 Å². The van der Waals surface area contributed by atoms with Crippen molar-refractivity contribution in [1.29, 1.82) is 5.26 Å². The number of benzene rings is 1. The Hall–Kier alpha value is -1.05. The van der Waals surface area contributed by atoms with E-state index in [1.165, 1.54) is 0 Å². The Bertz CT molecular complexity index is 481. The van der Waals surface area contributed by atoms with Crippen LogP contribution in [0.4, 0.5) is 5.69 Å². The van der Waals surface area contributed by atoms with E-state index in [2.05, 4.69) is 52.1 Å². The Morgan fingerprint density at radius 2 is 2.21 bits per heavy atom. The topological polar surface area (TPSA) is 39.1 Å². The molecule has 0 spiro atoms. The first-order valence-corrected chi connectivity index (χ1v) is 7.68. The first-order chi connectivity index (χ1) is 9.19. The summed E-state index contributed by atoms with van der Waals surface area (Å²) < 4.78 is 0.961. The lowest BCUT2D eigenvalue weighted by Crippen LogP contribution is -2.56. The van der Waals surface area contributed by atoms with Crippen molar-refractivity contribution in [2.24, 2.45) is 0 Å². The third kappa shape index (κ3) is 3.10. The summed E-state index contributed by atoms with van der Waals surface area (Å²) in [6.07, 6.45) is 2.20. The zero-order chi connectivity index (χ0) is 13.8. The molecule has 0 bridgehead atoms. The third-order valence-electron chi connectivity index (χ3n) is 3.85. The highest BCUT2D eigenvalue weighted by Gasteiger charge is 2.27. The fourth-order valence-corrected chi connectivity index (χ4v) is 3.01. The van der Waals surface area contributed by atoms with E-state index in [1.807, 2.05) is 12.1 Å². The zero-order valence-corrected chi connectivity index (χ0v) is 13.1. The van der Waals surface area contributed by atoms with E-state index in [-0.39, 0.29) is 0 Å². The van der Waals surface area contributed by atoms with Crippen molar-refractivity contribution in [1.82, 2.24) is 5.32 Å². The van der Waals surface area contributed by atoms with Crippen LogP contribution in [0.3, 0.4) is 0 Å². The van der Waals surface area contributed by atoms with Crippen LogP contribution >= 0.6 is 15.9 Å². The minimum absolute atomic E-state index is 0.469. The predicted molar refractivity (Wildman–Crippen MR) is 82.4 cm³/mol. The van der Waals surface area contributed by atoms with Gasteiger partial charge in [-0.05, 0) is 31.0 Å². The molecule has 2 unspecified atom stereocenters. The number of nitrogens with zero attached hydrogens (tertiary/aromatic N) is 2. The molecule has 3 nitrogen and oxygen atoms in total. The van der Waals surface area contributed by atoms with Crippen molar-refractivity contribution in [3.8, 4) is 6.07 Å². The second kappa shape index (κ2) is 6.40. The molecule has 4 heteroatoms. The van der Waals surface area contributed by atoms with Crippen LogP contribution in [0.1, 0.15) is 32.3 Å². The molecule has 0 saturated carbocycles. The van der Waals surface area contributed by atoms with Crippen LogP contribution in [-0.4, -0.2) is 25.2 Å². The molecular formula is C15H20BrN3. The number of nitrogens with one attached hydrogen (secondary N) is 1. The normalized spacial score (nSPS) is 23.2. The van der Waals surface area contributed by atoms with E-state index < -0.39 is 0 Å². The largest absolute Gasteiger partial charge is 0.365 e. The van der Waals surface area contributed by atoms with E-state index in [0.717, 1.165) is 41.7 Å². The molecule has 1 N–H and O–H groups in total. The summed E-state index contributed by atoms with van der Waals surface area (Å²) in [5, 5.41) is 12.9. The molecule has 2 atom stereocenters. The second-order valence-electron chi connectivity index (χ2n) is 5.00. The van der Waals surface area contributed by atoms with Crippen molar-refractivity contribution in [3.63, 3.8) is 0 Å². The highest BCUT2D eigenvalue weighted by Crippen LogP contribution is 2.28. The highest BCUT2D eigenvalue weighted by molar-refractivity contribution is 9.10. The summed E-state index contributed by atoms with van der Waals surface area (Å²) in [5.41, 5.74) is 1.82. The summed E-state index contributed by atoms with van der Waals surface area (Å²) in [5.74, 6) is 0. The van der Waals surface area contributed by atoms with Gasteiger partial charge >= 0.3 is 0 Å². The van der Waals surface area contributed by atoms with Gasteiger partial charge in [0, 0.05) is 29.6 Å². The number of piperazine rings is 1.